The van der Waals surface area contributed by atoms with Crippen molar-refractivity contribution in [3.63, 3.8) is 0 Å². The summed E-state index contributed by atoms with van der Waals surface area (Å²) in [5.41, 5.74) is 0.218. The molecule has 18 heavy (non-hydrogen) atoms. The van der Waals surface area contributed by atoms with Gasteiger partial charge >= 0.3 is 5.97 Å². The zero-order chi connectivity index (χ0) is 13.4. The highest BCUT2D eigenvalue weighted by atomic mass is 16.5. The van der Waals surface area contributed by atoms with Crippen molar-refractivity contribution in [3.05, 3.63) is 11.8 Å². The second-order valence-corrected chi connectivity index (χ2v) is 3.44. The summed E-state index contributed by atoms with van der Waals surface area (Å²) in [5, 5.41) is 3.97. The van der Waals surface area contributed by atoms with Gasteiger partial charge in [-0.25, -0.2) is 9.48 Å². The standard InChI is InChI=1S/C11H18N2O5/c1-13-10(8-9(12-13)11(14)16-3)18-7-6-17-5-4-15-2/h8H,4-7H2,1-3H3. The Morgan fingerprint density at radius 1 is 1.28 bits per heavy atom. The SMILES string of the molecule is COCCOCCOc1cc(C(=O)OC)nn1C. The van der Waals surface area contributed by atoms with Crippen LogP contribution >= 0.6 is 0 Å². The second kappa shape index (κ2) is 7.67. The van der Waals surface area contributed by atoms with Crippen molar-refractivity contribution in [1.82, 2.24) is 9.78 Å². The molecule has 1 aromatic heterocycles. The molecule has 0 amide bonds. The number of aromatic nitrogens is 2. The number of aryl methyl sites for hydroxylation is 1. The summed E-state index contributed by atoms with van der Waals surface area (Å²) in [5.74, 6) is 0.00235. The predicted molar refractivity (Wildman–Crippen MR) is 62.7 cm³/mol. The molecular weight excluding hydrogens is 240 g/mol. The van der Waals surface area contributed by atoms with Crippen LogP contribution in [-0.2, 0) is 21.3 Å². The van der Waals surface area contributed by atoms with E-state index >= 15 is 0 Å². The molecule has 0 saturated carbocycles. The summed E-state index contributed by atoms with van der Waals surface area (Å²) < 4.78 is 21.5. The summed E-state index contributed by atoms with van der Waals surface area (Å²) in [7, 11) is 4.61. The Morgan fingerprint density at radius 2 is 2.00 bits per heavy atom. The number of methoxy groups -OCH3 is 2. The molecule has 0 aliphatic rings. The molecule has 0 saturated heterocycles. The smallest absolute Gasteiger partial charge is 0.358 e. The molecule has 7 heteroatoms. The number of ether oxygens (including phenoxy) is 4. The first-order valence-electron chi connectivity index (χ1n) is 5.51. The summed E-state index contributed by atoms with van der Waals surface area (Å²) in [6.07, 6.45) is 0. The van der Waals surface area contributed by atoms with Crippen molar-refractivity contribution in [2.45, 2.75) is 0 Å². The number of carbonyl (C=O) groups is 1. The molecule has 1 aromatic rings. The minimum Gasteiger partial charge on any atom is -0.475 e. The fraction of sp³-hybridized carbons (Fsp3) is 0.636. The van der Waals surface area contributed by atoms with Crippen molar-refractivity contribution in [2.75, 3.05) is 40.6 Å². The quantitative estimate of drug-likeness (QED) is 0.491. The lowest BCUT2D eigenvalue weighted by Gasteiger charge is -2.06. The van der Waals surface area contributed by atoms with Gasteiger partial charge in [0.1, 0.15) is 6.61 Å². The Morgan fingerprint density at radius 3 is 2.67 bits per heavy atom. The third kappa shape index (κ3) is 4.34. The molecule has 0 radical (unpaired) electrons. The van der Waals surface area contributed by atoms with E-state index in [4.69, 9.17) is 14.2 Å². The summed E-state index contributed by atoms with van der Waals surface area (Å²) >= 11 is 0. The Bertz CT molecular complexity index is 378. The molecule has 0 aliphatic heterocycles. The first-order chi connectivity index (χ1) is 8.69. The number of hydrogen-bond acceptors (Lipinski definition) is 6. The molecule has 0 unspecified atom stereocenters. The van der Waals surface area contributed by atoms with Crippen molar-refractivity contribution in [3.8, 4) is 5.88 Å². The molecule has 102 valence electrons. The van der Waals surface area contributed by atoms with E-state index in [0.29, 0.717) is 32.3 Å². The van der Waals surface area contributed by atoms with Gasteiger partial charge in [0.15, 0.2) is 5.69 Å². The van der Waals surface area contributed by atoms with Gasteiger partial charge in [-0.05, 0) is 0 Å². The van der Waals surface area contributed by atoms with E-state index in [1.165, 1.54) is 17.9 Å². The topological polar surface area (TPSA) is 71.8 Å². The van der Waals surface area contributed by atoms with Gasteiger partial charge in [-0.15, -0.1) is 0 Å². The van der Waals surface area contributed by atoms with Gasteiger partial charge in [-0.2, -0.15) is 5.10 Å². The van der Waals surface area contributed by atoms with Crippen LogP contribution in [0.5, 0.6) is 5.88 Å². The number of esters is 1. The normalized spacial score (nSPS) is 10.4. The molecule has 1 heterocycles. The lowest BCUT2D eigenvalue weighted by atomic mass is 10.4. The zero-order valence-electron chi connectivity index (χ0n) is 10.8. The molecule has 1 rings (SSSR count). The molecule has 0 bridgehead atoms. The molecular formula is C11H18N2O5. The average Bonchev–Trinajstić information content (AvgIpc) is 2.74. The van der Waals surface area contributed by atoms with Gasteiger partial charge in [-0.3, -0.25) is 0 Å². The fourth-order valence-corrected chi connectivity index (χ4v) is 1.24. The first kappa shape index (κ1) is 14.5. The molecule has 0 aliphatic carbocycles. The minimum atomic E-state index is -0.489. The van der Waals surface area contributed by atoms with Crippen LogP contribution in [0.3, 0.4) is 0 Å². The number of hydrogen-bond donors (Lipinski definition) is 0. The third-order valence-electron chi connectivity index (χ3n) is 2.14. The highest BCUT2D eigenvalue weighted by molar-refractivity contribution is 5.87. The summed E-state index contributed by atoms with van der Waals surface area (Å²) in [6, 6.07) is 1.53. The Kier molecular flexibility index (Phi) is 6.16. The van der Waals surface area contributed by atoms with Crippen LogP contribution in [-0.4, -0.2) is 56.4 Å². The number of carbonyl (C=O) groups excluding carboxylic acids is 1. The van der Waals surface area contributed by atoms with Crippen molar-refractivity contribution >= 4 is 5.97 Å². The minimum absolute atomic E-state index is 0.218. The number of rotatable bonds is 8. The van der Waals surface area contributed by atoms with Crippen LogP contribution in [0.25, 0.3) is 0 Å². The van der Waals surface area contributed by atoms with Crippen LogP contribution in [0, 0.1) is 0 Å². The monoisotopic (exact) mass is 258 g/mol. The van der Waals surface area contributed by atoms with E-state index in [1.807, 2.05) is 0 Å². The Balaban J connectivity index is 2.34. The Labute approximate surface area is 106 Å². The predicted octanol–water partition coefficient (Wildman–Crippen LogP) is 0.248. The largest absolute Gasteiger partial charge is 0.475 e. The van der Waals surface area contributed by atoms with Crippen LogP contribution < -0.4 is 4.74 Å². The first-order valence-corrected chi connectivity index (χ1v) is 5.51. The van der Waals surface area contributed by atoms with Crippen molar-refractivity contribution < 1.29 is 23.7 Å². The van der Waals surface area contributed by atoms with Gasteiger partial charge in [0.2, 0.25) is 5.88 Å². The van der Waals surface area contributed by atoms with E-state index in [0.717, 1.165) is 0 Å². The zero-order valence-corrected chi connectivity index (χ0v) is 10.8. The lowest BCUT2D eigenvalue weighted by molar-refractivity contribution is 0.0530. The molecule has 0 fully saturated rings. The maximum absolute atomic E-state index is 11.2. The van der Waals surface area contributed by atoms with Crippen LogP contribution in [0.4, 0.5) is 0 Å². The van der Waals surface area contributed by atoms with E-state index in [1.54, 1.807) is 14.2 Å². The summed E-state index contributed by atoms with van der Waals surface area (Å²) in [6.45, 7) is 1.91. The highest BCUT2D eigenvalue weighted by Gasteiger charge is 2.13. The molecule has 0 atom stereocenters. The van der Waals surface area contributed by atoms with Gasteiger partial charge in [0, 0.05) is 20.2 Å². The van der Waals surface area contributed by atoms with E-state index in [2.05, 4.69) is 9.84 Å². The van der Waals surface area contributed by atoms with Gasteiger partial charge in [0.05, 0.1) is 26.9 Å². The maximum Gasteiger partial charge on any atom is 0.358 e. The highest BCUT2D eigenvalue weighted by Crippen LogP contribution is 2.12. The number of nitrogens with zero attached hydrogens (tertiary/aromatic N) is 2. The van der Waals surface area contributed by atoms with E-state index < -0.39 is 5.97 Å². The molecule has 0 aromatic carbocycles. The van der Waals surface area contributed by atoms with Crippen LogP contribution in [0.1, 0.15) is 10.5 Å². The van der Waals surface area contributed by atoms with E-state index in [9.17, 15) is 4.79 Å². The van der Waals surface area contributed by atoms with Gasteiger partial charge < -0.3 is 18.9 Å². The average molecular weight is 258 g/mol. The molecule has 0 N–H and O–H groups in total. The lowest BCUT2D eigenvalue weighted by Crippen LogP contribution is -2.11. The second-order valence-electron chi connectivity index (χ2n) is 3.44. The molecule has 7 nitrogen and oxygen atoms in total. The van der Waals surface area contributed by atoms with Crippen molar-refractivity contribution in [2.24, 2.45) is 7.05 Å². The maximum atomic E-state index is 11.2. The molecule has 0 spiro atoms. The van der Waals surface area contributed by atoms with Gasteiger partial charge in [-0.1, -0.05) is 0 Å². The van der Waals surface area contributed by atoms with Crippen LogP contribution in [0.15, 0.2) is 6.07 Å². The Hall–Kier alpha value is -1.60. The van der Waals surface area contributed by atoms with Crippen molar-refractivity contribution in [1.29, 1.82) is 0 Å². The van der Waals surface area contributed by atoms with E-state index in [-0.39, 0.29) is 5.69 Å². The fourth-order valence-electron chi connectivity index (χ4n) is 1.24. The summed E-state index contributed by atoms with van der Waals surface area (Å²) in [4.78, 5) is 11.2. The third-order valence-corrected chi connectivity index (χ3v) is 2.14. The van der Waals surface area contributed by atoms with Gasteiger partial charge in [0.25, 0.3) is 0 Å². The van der Waals surface area contributed by atoms with Crippen LogP contribution in [0.2, 0.25) is 0 Å².